The highest BCUT2D eigenvalue weighted by Crippen LogP contribution is 2.35. The van der Waals surface area contributed by atoms with Crippen molar-refractivity contribution in [3.8, 4) is 33.5 Å². The van der Waals surface area contributed by atoms with Crippen molar-refractivity contribution >= 4 is 23.1 Å². The minimum absolute atomic E-state index is 0.330. The average Bonchev–Trinajstić information content (AvgIpc) is 3.34. The fourth-order valence-corrected chi connectivity index (χ4v) is 4.71. The number of hydrogen-bond donors (Lipinski definition) is 0. The van der Waals surface area contributed by atoms with E-state index in [1.54, 1.807) is 17.4 Å². The summed E-state index contributed by atoms with van der Waals surface area (Å²) in [6.07, 6.45) is 0.810. The van der Waals surface area contributed by atoms with Crippen LogP contribution in [0.4, 0.5) is 4.39 Å². The predicted octanol–water partition coefficient (Wildman–Crippen LogP) is 7.05. The zero-order chi connectivity index (χ0) is 21.5. The molecule has 3 nitrogen and oxygen atoms in total. The number of rotatable bonds is 8. The second-order valence-electron chi connectivity index (χ2n) is 6.70. The van der Waals surface area contributed by atoms with Crippen LogP contribution in [-0.4, -0.2) is 17.3 Å². The lowest BCUT2D eigenvalue weighted by Gasteiger charge is -2.12. The zero-order valence-corrected chi connectivity index (χ0v) is 18.3. The van der Waals surface area contributed by atoms with Gasteiger partial charge >= 0.3 is 0 Å². The number of nitriles is 1. The first-order valence-corrected chi connectivity index (χ1v) is 11.7. The highest BCUT2D eigenvalue weighted by Gasteiger charge is 2.16. The van der Waals surface area contributed by atoms with Crippen LogP contribution < -0.4 is 4.74 Å². The Bertz CT molecular complexity index is 1190. The Hall–Kier alpha value is -3.14. The lowest BCUT2D eigenvalue weighted by molar-refractivity contribution is 0.318. The molecule has 4 rings (SSSR count). The molecule has 2 heterocycles. The second-order valence-corrected chi connectivity index (χ2v) is 8.73. The lowest BCUT2D eigenvalue weighted by Crippen LogP contribution is -2.00. The number of halogens is 1. The van der Waals surface area contributed by atoms with E-state index in [-0.39, 0.29) is 5.82 Å². The number of hydrogen-bond acceptors (Lipinski definition) is 5. The van der Waals surface area contributed by atoms with E-state index in [1.807, 2.05) is 60.0 Å². The maximum Gasteiger partial charge on any atom is 0.123 e. The lowest BCUT2D eigenvalue weighted by atomic mass is 10.0. The Kier molecular flexibility index (Phi) is 6.98. The molecule has 0 aliphatic heterocycles. The summed E-state index contributed by atoms with van der Waals surface area (Å²) < 4.78 is 19.6. The first-order chi connectivity index (χ1) is 15.2. The quantitative estimate of drug-likeness (QED) is 0.215. The normalized spacial score (nSPS) is 10.6. The molecule has 2 aromatic carbocycles. The van der Waals surface area contributed by atoms with Crippen molar-refractivity contribution in [2.24, 2.45) is 0 Å². The van der Waals surface area contributed by atoms with E-state index in [1.165, 1.54) is 23.9 Å². The van der Waals surface area contributed by atoms with Gasteiger partial charge in [-0.05, 0) is 53.8 Å². The van der Waals surface area contributed by atoms with Gasteiger partial charge in [0.25, 0.3) is 0 Å². The molecule has 0 fully saturated rings. The molecule has 31 heavy (non-hydrogen) atoms. The van der Waals surface area contributed by atoms with Crippen LogP contribution in [0.25, 0.3) is 21.7 Å². The number of aromatic nitrogens is 1. The average molecular weight is 447 g/mol. The van der Waals surface area contributed by atoms with E-state index < -0.39 is 0 Å². The molecule has 0 aliphatic rings. The zero-order valence-electron chi connectivity index (χ0n) is 16.6. The number of ether oxygens (including phenoxy) is 1. The van der Waals surface area contributed by atoms with Crippen LogP contribution in [0.2, 0.25) is 0 Å². The van der Waals surface area contributed by atoms with Crippen molar-refractivity contribution in [2.45, 2.75) is 11.4 Å². The van der Waals surface area contributed by atoms with E-state index >= 15 is 0 Å². The van der Waals surface area contributed by atoms with Gasteiger partial charge in [0, 0.05) is 11.3 Å². The highest BCUT2D eigenvalue weighted by molar-refractivity contribution is 7.99. The van der Waals surface area contributed by atoms with Gasteiger partial charge < -0.3 is 4.74 Å². The summed E-state index contributed by atoms with van der Waals surface area (Å²) in [5.74, 6) is 1.27. The maximum atomic E-state index is 13.9. The Morgan fingerprint density at radius 2 is 1.90 bits per heavy atom. The SMILES string of the molecule is N#Cc1c(-c2cccc(F)c2)cc(-c2cccs2)nc1SCCCOc1ccccc1. The van der Waals surface area contributed by atoms with Crippen molar-refractivity contribution in [3.63, 3.8) is 0 Å². The third-order valence-electron chi connectivity index (χ3n) is 4.55. The van der Waals surface area contributed by atoms with Crippen LogP contribution in [0.5, 0.6) is 5.75 Å². The van der Waals surface area contributed by atoms with Crippen LogP contribution in [0, 0.1) is 17.1 Å². The number of nitrogens with zero attached hydrogens (tertiary/aromatic N) is 2. The Labute approximate surface area is 189 Å². The monoisotopic (exact) mass is 446 g/mol. The molecule has 0 atom stereocenters. The van der Waals surface area contributed by atoms with Gasteiger partial charge in [0.1, 0.15) is 22.7 Å². The van der Waals surface area contributed by atoms with Crippen molar-refractivity contribution in [2.75, 3.05) is 12.4 Å². The van der Waals surface area contributed by atoms with Gasteiger partial charge in [-0.2, -0.15) is 5.26 Å². The van der Waals surface area contributed by atoms with Gasteiger partial charge in [0.2, 0.25) is 0 Å². The first-order valence-electron chi connectivity index (χ1n) is 9.80. The smallest absolute Gasteiger partial charge is 0.123 e. The maximum absolute atomic E-state index is 13.9. The summed E-state index contributed by atoms with van der Waals surface area (Å²) in [7, 11) is 0. The Balaban J connectivity index is 1.57. The molecule has 0 saturated carbocycles. The minimum Gasteiger partial charge on any atom is -0.494 e. The summed E-state index contributed by atoms with van der Waals surface area (Å²) >= 11 is 3.11. The van der Waals surface area contributed by atoms with Gasteiger partial charge in [-0.3, -0.25) is 0 Å². The summed E-state index contributed by atoms with van der Waals surface area (Å²) in [6, 6.07) is 24.2. The van der Waals surface area contributed by atoms with E-state index in [0.717, 1.165) is 28.5 Å². The van der Waals surface area contributed by atoms with E-state index in [2.05, 4.69) is 6.07 Å². The van der Waals surface area contributed by atoms with Gasteiger partial charge in [-0.1, -0.05) is 36.4 Å². The molecule has 4 aromatic rings. The Morgan fingerprint density at radius 1 is 1.03 bits per heavy atom. The molecular formula is C25H19FN2OS2. The summed E-state index contributed by atoms with van der Waals surface area (Å²) in [5, 5.41) is 12.5. The van der Waals surface area contributed by atoms with Crippen molar-refractivity contribution in [1.82, 2.24) is 4.98 Å². The summed E-state index contributed by atoms with van der Waals surface area (Å²) in [5.41, 5.74) is 2.63. The van der Waals surface area contributed by atoms with Crippen LogP contribution >= 0.6 is 23.1 Å². The van der Waals surface area contributed by atoms with Gasteiger partial charge in [-0.15, -0.1) is 23.1 Å². The minimum atomic E-state index is -0.330. The van der Waals surface area contributed by atoms with Gasteiger partial charge in [-0.25, -0.2) is 9.37 Å². The fraction of sp³-hybridized carbons (Fsp3) is 0.120. The molecule has 2 aromatic heterocycles. The number of thioether (sulfide) groups is 1. The van der Waals surface area contributed by atoms with Crippen molar-refractivity contribution < 1.29 is 9.13 Å². The van der Waals surface area contributed by atoms with Crippen molar-refractivity contribution in [3.05, 3.63) is 89.6 Å². The fourth-order valence-electron chi connectivity index (χ4n) is 3.10. The molecule has 0 spiro atoms. The summed E-state index contributed by atoms with van der Waals surface area (Å²) in [6.45, 7) is 0.584. The van der Waals surface area contributed by atoms with Crippen LogP contribution in [-0.2, 0) is 0 Å². The molecule has 6 heteroatoms. The second kappa shape index (κ2) is 10.3. The topological polar surface area (TPSA) is 45.9 Å². The highest BCUT2D eigenvalue weighted by atomic mass is 32.2. The van der Waals surface area contributed by atoms with Gasteiger partial charge in [0.05, 0.1) is 22.7 Å². The number of para-hydroxylation sites is 1. The predicted molar refractivity (Wildman–Crippen MR) is 125 cm³/mol. The molecule has 0 amide bonds. The van der Waals surface area contributed by atoms with Gasteiger partial charge in [0.15, 0.2) is 0 Å². The number of thiophene rings is 1. The van der Waals surface area contributed by atoms with E-state index in [4.69, 9.17) is 9.72 Å². The molecular weight excluding hydrogens is 427 g/mol. The standard InChI is InChI=1S/C25H19FN2OS2/c26-19-8-4-7-18(15-19)21-16-23(24-11-5-13-30-24)28-25(22(21)17-27)31-14-6-12-29-20-9-2-1-3-10-20/h1-5,7-11,13,15-16H,6,12,14H2. The molecule has 154 valence electrons. The van der Waals surface area contributed by atoms with E-state index in [0.29, 0.717) is 28.3 Å². The third-order valence-corrected chi connectivity index (χ3v) is 6.50. The Morgan fingerprint density at radius 3 is 2.65 bits per heavy atom. The van der Waals surface area contributed by atoms with Crippen LogP contribution in [0.15, 0.2) is 83.2 Å². The number of pyridine rings is 1. The molecule has 0 N–H and O–H groups in total. The molecule has 0 radical (unpaired) electrons. The van der Waals surface area contributed by atoms with Crippen LogP contribution in [0.3, 0.4) is 0 Å². The molecule has 0 saturated heterocycles. The van der Waals surface area contributed by atoms with Crippen molar-refractivity contribution in [1.29, 1.82) is 5.26 Å². The largest absolute Gasteiger partial charge is 0.494 e. The third kappa shape index (κ3) is 5.32. The first kappa shape index (κ1) is 21.1. The molecule has 0 bridgehead atoms. The number of benzene rings is 2. The molecule has 0 aliphatic carbocycles. The van der Waals surface area contributed by atoms with Crippen LogP contribution in [0.1, 0.15) is 12.0 Å². The molecule has 0 unspecified atom stereocenters. The summed E-state index contributed by atoms with van der Waals surface area (Å²) in [4.78, 5) is 5.78. The van der Waals surface area contributed by atoms with E-state index in [9.17, 15) is 9.65 Å².